The normalized spacial score (nSPS) is 10.1. The van der Waals surface area contributed by atoms with E-state index in [0.29, 0.717) is 5.82 Å². The highest BCUT2D eigenvalue weighted by atomic mass is 31.2. The lowest BCUT2D eigenvalue weighted by atomic mass is 10.6. The van der Waals surface area contributed by atoms with E-state index in [1.165, 1.54) is 12.3 Å². The number of aromatic nitrogens is 2. The third-order valence-electron chi connectivity index (χ3n) is 0.697. The molecule has 1 heterocycles. The van der Waals surface area contributed by atoms with Crippen LogP contribution in [-0.4, -0.2) is 19.8 Å². The zero-order chi connectivity index (χ0) is 10.5. The molecule has 9 heteroatoms. The fraction of sp³-hybridized carbons (Fsp3) is 0. The Bertz CT molecular complexity index is 349. The highest BCUT2D eigenvalue weighted by Gasteiger charge is 1.96. The van der Waals surface area contributed by atoms with Crippen molar-refractivity contribution in [1.82, 2.24) is 9.97 Å². The van der Waals surface area contributed by atoms with Crippen LogP contribution in [0.3, 0.4) is 0 Å². The van der Waals surface area contributed by atoms with Crippen molar-refractivity contribution in [2.75, 3.05) is 5.73 Å². The molecule has 0 amide bonds. The second kappa shape index (κ2) is 4.73. The molecule has 0 saturated heterocycles. The maximum absolute atomic E-state index is 10.2. The lowest BCUT2D eigenvalue weighted by Crippen LogP contribution is -2.10. The van der Waals surface area contributed by atoms with E-state index in [2.05, 4.69) is 15.5 Å². The van der Waals surface area contributed by atoms with Crippen LogP contribution in [0.2, 0.25) is 0 Å². The number of nitrogens with one attached hydrogen (secondary N) is 1. The summed E-state index contributed by atoms with van der Waals surface area (Å²) in [6.07, 6.45) is 1.36. The number of hydrogen-bond acceptors (Lipinski definition) is 4. The van der Waals surface area contributed by atoms with Gasteiger partial charge in [0, 0.05) is 6.20 Å². The minimum absolute atomic E-state index is 0.338. The average molecular weight is 208 g/mol. The van der Waals surface area contributed by atoms with Crippen LogP contribution >= 0.6 is 7.75 Å². The molecule has 0 aliphatic carbocycles. The Labute approximate surface area is 72.8 Å². The minimum atomic E-state index is -4.14. The Morgan fingerprint density at radius 2 is 2.00 bits per heavy atom. The van der Waals surface area contributed by atoms with E-state index in [0.717, 1.165) is 0 Å². The number of nitrogens with two attached hydrogens (primary N) is 2. The zero-order valence-corrected chi connectivity index (χ0v) is 7.31. The molecule has 0 aromatic carbocycles. The molecule has 0 fully saturated rings. The molecular formula is C4H9N4O4P. The molecule has 0 atom stereocenters. The van der Waals surface area contributed by atoms with Crippen LogP contribution in [0.1, 0.15) is 0 Å². The molecule has 0 saturated carbocycles. The minimum Gasteiger partial charge on any atom is -0.385 e. The van der Waals surface area contributed by atoms with Crippen LogP contribution < -0.4 is 16.9 Å². The van der Waals surface area contributed by atoms with Gasteiger partial charge in [-0.1, -0.05) is 0 Å². The molecule has 13 heavy (non-hydrogen) atoms. The van der Waals surface area contributed by atoms with Crippen LogP contribution in [0, 0.1) is 0 Å². The van der Waals surface area contributed by atoms with Gasteiger partial charge in [-0.15, -0.1) is 0 Å². The van der Waals surface area contributed by atoms with Gasteiger partial charge >= 0.3 is 13.4 Å². The zero-order valence-electron chi connectivity index (χ0n) is 6.41. The van der Waals surface area contributed by atoms with Crippen LogP contribution in [0.15, 0.2) is 17.1 Å². The third-order valence-corrected chi connectivity index (χ3v) is 0.697. The third kappa shape index (κ3) is 10.8. The molecule has 7 N–H and O–H groups in total. The standard InChI is InChI=1S/C4H5N3O.H4NO3P/c5-3-1-2-6-4(8)7-3;1-5(2,3)4/h1-2H,(H3,5,6,7,8);(H4,1,2,3,4). The summed E-state index contributed by atoms with van der Waals surface area (Å²) in [7, 11) is -4.14. The van der Waals surface area contributed by atoms with Crippen molar-refractivity contribution in [1.29, 1.82) is 0 Å². The number of hydrogen-bond donors (Lipinski definition) is 5. The number of aromatic amines is 1. The van der Waals surface area contributed by atoms with Gasteiger partial charge in [-0.2, -0.15) is 0 Å². The van der Waals surface area contributed by atoms with Crippen molar-refractivity contribution in [3.05, 3.63) is 22.7 Å². The van der Waals surface area contributed by atoms with Crippen molar-refractivity contribution in [3.8, 4) is 0 Å². The second-order valence-corrected chi connectivity index (χ2v) is 3.10. The summed E-state index contributed by atoms with van der Waals surface area (Å²) in [6, 6.07) is 1.52. The maximum Gasteiger partial charge on any atom is 0.397 e. The van der Waals surface area contributed by atoms with E-state index in [9.17, 15) is 4.79 Å². The molecular weight excluding hydrogens is 199 g/mol. The summed E-state index contributed by atoms with van der Waals surface area (Å²) in [6.45, 7) is 0. The number of nitrogens with zero attached hydrogens (tertiary/aromatic N) is 1. The molecule has 0 unspecified atom stereocenters. The van der Waals surface area contributed by atoms with Gasteiger partial charge < -0.3 is 15.5 Å². The molecule has 0 spiro atoms. The molecule has 1 aromatic rings. The van der Waals surface area contributed by atoms with E-state index < -0.39 is 13.4 Å². The molecule has 0 bridgehead atoms. The Hall–Kier alpha value is -1.21. The van der Waals surface area contributed by atoms with Gasteiger partial charge in [0.15, 0.2) is 0 Å². The van der Waals surface area contributed by atoms with Gasteiger partial charge in [0.05, 0.1) is 0 Å². The fourth-order valence-electron chi connectivity index (χ4n) is 0.383. The van der Waals surface area contributed by atoms with Crippen molar-refractivity contribution in [3.63, 3.8) is 0 Å². The van der Waals surface area contributed by atoms with Gasteiger partial charge in [-0.25, -0.2) is 19.8 Å². The van der Waals surface area contributed by atoms with E-state index >= 15 is 0 Å². The van der Waals surface area contributed by atoms with Crippen molar-refractivity contribution in [2.45, 2.75) is 0 Å². The van der Waals surface area contributed by atoms with E-state index in [4.69, 9.17) is 20.1 Å². The van der Waals surface area contributed by atoms with Crippen LogP contribution in [0.25, 0.3) is 0 Å². The monoisotopic (exact) mass is 208 g/mol. The summed E-state index contributed by atoms with van der Waals surface area (Å²) in [4.78, 5) is 30.7. The van der Waals surface area contributed by atoms with Gasteiger partial charge in [0.25, 0.3) is 0 Å². The number of rotatable bonds is 0. The lowest BCUT2D eigenvalue weighted by molar-refractivity contribution is 0.374. The molecule has 0 aliphatic rings. The Morgan fingerprint density at radius 1 is 1.54 bits per heavy atom. The maximum atomic E-state index is 10.2. The smallest absolute Gasteiger partial charge is 0.385 e. The SMILES string of the molecule is NP(=O)(O)O.Nc1ccnc(=O)[nH]1. The highest BCUT2D eigenvalue weighted by Crippen LogP contribution is 2.20. The highest BCUT2D eigenvalue weighted by molar-refractivity contribution is 7.49. The second-order valence-electron chi connectivity index (χ2n) is 1.92. The largest absolute Gasteiger partial charge is 0.397 e. The average Bonchev–Trinajstić information content (AvgIpc) is 1.81. The van der Waals surface area contributed by atoms with Crippen LogP contribution in [0.5, 0.6) is 0 Å². The van der Waals surface area contributed by atoms with Gasteiger partial charge in [-0.05, 0) is 6.07 Å². The first-order valence-corrected chi connectivity index (χ1v) is 4.62. The first-order valence-electron chi connectivity index (χ1n) is 2.94. The molecule has 74 valence electrons. The first kappa shape index (κ1) is 11.8. The summed E-state index contributed by atoms with van der Waals surface area (Å²) in [5.41, 5.74) is 8.77. The van der Waals surface area contributed by atoms with Crippen LogP contribution in [0.4, 0.5) is 5.82 Å². The van der Waals surface area contributed by atoms with Crippen molar-refractivity contribution >= 4 is 13.6 Å². The number of anilines is 1. The Kier molecular flexibility index (Phi) is 4.29. The summed E-state index contributed by atoms with van der Waals surface area (Å²) < 4.78 is 9.10. The van der Waals surface area contributed by atoms with Crippen molar-refractivity contribution in [2.24, 2.45) is 5.50 Å². The number of H-pyrrole nitrogens is 1. The quantitative estimate of drug-likeness (QED) is 0.321. The topological polar surface area (TPSA) is 155 Å². The van der Waals surface area contributed by atoms with Gasteiger partial charge in [0.2, 0.25) is 0 Å². The van der Waals surface area contributed by atoms with E-state index in [-0.39, 0.29) is 0 Å². The summed E-state index contributed by atoms with van der Waals surface area (Å²) in [5.74, 6) is 0.338. The van der Waals surface area contributed by atoms with E-state index in [1.807, 2.05) is 0 Å². The Morgan fingerprint density at radius 3 is 2.23 bits per heavy atom. The lowest BCUT2D eigenvalue weighted by Gasteiger charge is -1.84. The predicted molar refractivity (Wildman–Crippen MR) is 45.5 cm³/mol. The van der Waals surface area contributed by atoms with Gasteiger partial charge in [-0.3, -0.25) is 4.98 Å². The van der Waals surface area contributed by atoms with Crippen LogP contribution in [-0.2, 0) is 4.57 Å². The van der Waals surface area contributed by atoms with Gasteiger partial charge in [0.1, 0.15) is 5.82 Å². The Balaban J connectivity index is 0.000000252. The first-order chi connectivity index (χ1) is 5.79. The van der Waals surface area contributed by atoms with Crippen molar-refractivity contribution < 1.29 is 14.4 Å². The fourth-order valence-corrected chi connectivity index (χ4v) is 0.383. The van der Waals surface area contributed by atoms with E-state index in [1.54, 1.807) is 0 Å². The molecule has 1 rings (SSSR count). The summed E-state index contributed by atoms with van der Waals surface area (Å²) in [5, 5.41) is 0. The predicted octanol–water partition coefficient (Wildman–Crippen LogP) is -1.61. The summed E-state index contributed by atoms with van der Waals surface area (Å²) >= 11 is 0. The molecule has 0 radical (unpaired) electrons. The number of nitrogen functional groups attached to an aromatic ring is 1. The molecule has 1 aromatic heterocycles. The molecule has 0 aliphatic heterocycles. The molecule has 8 nitrogen and oxygen atoms in total.